The molecule has 12 heteroatoms. The summed E-state index contributed by atoms with van der Waals surface area (Å²) >= 11 is 12.7. The van der Waals surface area contributed by atoms with Crippen molar-refractivity contribution in [3.8, 4) is 0 Å². The van der Waals surface area contributed by atoms with Gasteiger partial charge >= 0.3 is 18.4 Å². The molecule has 2 bridgehead atoms. The molecule has 3 aromatic rings. The van der Waals surface area contributed by atoms with E-state index in [0.717, 1.165) is 49.9 Å². The molecule has 0 radical (unpaired) electrons. The first kappa shape index (κ1) is 33.0. The number of carbonyl (C=O) groups excluding carboxylic acids is 1. The number of benzene rings is 3. The number of halogens is 8. The molecule has 46 heavy (non-hydrogen) atoms. The number of carbonyl (C=O) groups is 1. The number of fused-ring (bicyclic) bond motifs is 3. The molecule has 1 unspecified atom stereocenters. The number of hydrogen-bond donors (Lipinski definition) is 0. The summed E-state index contributed by atoms with van der Waals surface area (Å²) in [5.41, 5.74) is -1.75. The Morgan fingerprint density at radius 3 is 1.91 bits per heavy atom. The minimum Gasteiger partial charge on any atom is -0.323 e. The van der Waals surface area contributed by atoms with Crippen LogP contribution in [0.25, 0.3) is 0 Å². The average molecular weight is 686 g/mol. The Hall–Kier alpha value is -2.95. The van der Waals surface area contributed by atoms with Crippen LogP contribution >= 0.6 is 23.2 Å². The molecule has 0 aromatic heterocycles. The maximum Gasteiger partial charge on any atom is 0.416 e. The Morgan fingerprint density at radius 2 is 1.37 bits per heavy atom. The fraction of sp³-hybridized carbons (Fsp3) is 0.441. The minimum atomic E-state index is -4.99. The van der Waals surface area contributed by atoms with Crippen molar-refractivity contribution in [2.45, 2.75) is 55.5 Å². The number of nitrogens with zero attached hydrogens (tertiary/aromatic N) is 3. The summed E-state index contributed by atoms with van der Waals surface area (Å²) in [6.07, 6.45) is -6.29. The number of amides is 2. The first-order valence-corrected chi connectivity index (χ1v) is 16.0. The first-order chi connectivity index (χ1) is 21.6. The molecule has 4 aliphatic rings. The van der Waals surface area contributed by atoms with Crippen LogP contribution in [0.15, 0.2) is 66.7 Å². The van der Waals surface area contributed by atoms with Crippen molar-refractivity contribution >= 4 is 29.2 Å². The number of piperidine rings is 3. The Bertz CT molecular complexity index is 1570. The van der Waals surface area contributed by atoms with Crippen molar-refractivity contribution in [2.24, 2.45) is 0 Å². The monoisotopic (exact) mass is 684 g/mol. The van der Waals surface area contributed by atoms with Crippen LogP contribution in [0.4, 0.5) is 31.1 Å². The fourth-order valence-electron chi connectivity index (χ4n) is 7.85. The van der Waals surface area contributed by atoms with Gasteiger partial charge in [0.15, 0.2) is 0 Å². The molecule has 2 amide bonds. The molecular weight excluding hydrogens is 651 g/mol. The van der Waals surface area contributed by atoms with E-state index in [0.29, 0.717) is 34.2 Å². The van der Waals surface area contributed by atoms with Gasteiger partial charge < -0.3 is 14.3 Å². The van der Waals surface area contributed by atoms with Gasteiger partial charge in [-0.15, -0.1) is 0 Å². The molecule has 1 atom stereocenters. The van der Waals surface area contributed by atoms with Crippen LogP contribution in [0, 0.1) is 0 Å². The third-order valence-electron chi connectivity index (χ3n) is 10.7. The van der Waals surface area contributed by atoms with Crippen LogP contribution in [-0.2, 0) is 29.9 Å². The van der Waals surface area contributed by atoms with Crippen LogP contribution in [0.5, 0.6) is 0 Å². The molecule has 4 aliphatic heterocycles. The maximum absolute atomic E-state index is 13.8. The van der Waals surface area contributed by atoms with Crippen molar-refractivity contribution in [1.82, 2.24) is 9.80 Å². The summed E-state index contributed by atoms with van der Waals surface area (Å²) in [6, 6.07) is 16.7. The highest BCUT2D eigenvalue weighted by atomic mass is 35.5. The van der Waals surface area contributed by atoms with E-state index in [1.807, 2.05) is 6.07 Å². The van der Waals surface area contributed by atoms with Gasteiger partial charge in [-0.25, -0.2) is 4.79 Å². The van der Waals surface area contributed by atoms with Gasteiger partial charge in [-0.1, -0.05) is 59.6 Å². The van der Waals surface area contributed by atoms with E-state index < -0.39 is 41.6 Å². The van der Waals surface area contributed by atoms with Gasteiger partial charge in [-0.3, -0.25) is 0 Å². The lowest BCUT2D eigenvalue weighted by Crippen LogP contribution is -2.64. The van der Waals surface area contributed by atoms with Crippen LogP contribution in [-0.4, -0.2) is 60.1 Å². The topological polar surface area (TPSA) is 23.6 Å². The Kier molecular flexibility index (Phi) is 8.34. The molecule has 7 rings (SSSR count). The van der Waals surface area contributed by atoms with Gasteiger partial charge in [0, 0.05) is 44.7 Å². The smallest absolute Gasteiger partial charge is 0.323 e. The van der Waals surface area contributed by atoms with E-state index in [9.17, 15) is 31.1 Å². The van der Waals surface area contributed by atoms with Crippen LogP contribution in [0.1, 0.15) is 53.5 Å². The Labute approximate surface area is 274 Å². The minimum absolute atomic E-state index is 0.0614. The third kappa shape index (κ3) is 5.97. The number of rotatable bonds is 7. The van der Waals surface area contributed by atoms with Crippen molar-refractivity contribution in [3.63, 3.8) is 0 Å². The van der Waals surface area contributed by atoms with E-state index in [2.05, 4.69) is 24.3 Å². The Balaban J connectivity index is 1.29. The highest BCUT2D eigenvalue weighted by molar-refractivity contribution is 6.42. The standard InChI is InChI=1S/C34H34Cl2F6N3O/c1-43-30(46)44(21-23-17-26(33(37,38)39)19-27(18-23)34(40,41)42)22-32(43,25-7-8-28(35)29(36)20-25)12-16-45-13-9-31(10-14-45,11-15-45)24-5-3-2-4-6-24/h2-8,17-20H,9-16,21-22H2,1H3/q+1. The summed E-state index contributed by atoms with van der Waals surface area (Å²) in [7, 11) is 1.63. The number of urea groups is 1. The summed E-state index contributed by atoms with van der Waals surface area (Å²) in [6.45, 7) is 3.34. The van der Waals surface area contributed by atoms with Gasteiger partial charge in [0.25, 0.3) is 0 Å². The summed E-state index contributed by atoms with van der Waals surface area (Å²) in [5.74, 6) is 0. The van der Waals surface area contributed by atoms with Crippen LogP contribution < -0.4 is 0 Å². The molecule has 0 spiro atoms. The van der Waals surface area contributed by atoms with Gasteiger partial charge in [0.05, 0.1) is 59.4 Å². The summed E-state index contributed by atoms with van der Waals surface area (Å²) in [5, 5.41) is 0.625. The van der Waals surface area contributed by atoms with E-state index >= 15 is 0 Å². The molecule has 4 saturated heterocycles. The molecular formula is C34H34Cl2F6N3O+. The maximum atomic E-state index is 13.8. The largest absolute Gasteiger partial charge is 0.416 e. The van der Waals surface area contributed by atoms with Gasteiger partial charge in [-0.05, 0) is 47.0 Å². The second kappa shape index (κ2) is 11.6. The molecule has 246 valence electrons. The third-order valence-corrected chi connectivity index (χ3v) is 11.4. The van der Waals surface area contributed by atoms with Crippen LogP contribution in [0.2, 0.25) is 10.0 Å². The lowest BCUT2D eigenvalue weighted by atomic mass is 9.66. The predicted molar refractivity (Wildman–Crippen MR) is 164 cm³/mol. The average Bonchev–Trinajstić information content (AvgIpc) is 3.27. The molecule has 4 nitrogen and oxygen atoms in total. The summed E-state index contributed by atoms with van der Waals surface area (Å²) < 4.78 is 82.4. The van der Waals surface area contributed by atoms with E-state index in [1.54, 1.807) is 30.1 Å². The lowest BCUT2D eigenvalue weighted by Gasteiger charge is -2.56. The van der Waals surface area contributed by atoms with Crippen molar-refractivity contribution in [1.29, 1.82) is 0 Å². The number of likely N-dealkylation sites (N-methyl/N-ethyl adjacent to an activating group) is 1. The van der Waals surface area contributed by atoms with E-state index in [-0.39, 0.29) is 23.6 Å². The number of alkyl halides is 6. The molecule has 0 aliphatic carbocycles. The van der Waals surface area contributed by atoms with E-state index in [4.69, 9.17) is 23.2 Å². The highest BCUT2D eigenvalue weighted by Crippen LogP contribution is 2.48. The van der Waals surface area contributed by atoms with Gasteiger partial charge in [-0.2, -0.15) is 26.3 Å². The number of quaternary nitrogens is 1. The summed E-state index contributed by atoms with van der Waals surface area (Å²) in [4.78, 5) is 16.6. The molecule has 4 heterocycles. The molecule has 0 saturated carbocycles. The zero-order chi connectivity index (χ0) is 33.1. The van der Waals surface area contributed by atoms with Crippen molar-refractivity contribution in [3.05, 3.63) is 105 Å². The quantitative estimate of drug-likeness (QED) is 0.180. The SMILES string of the molecule is CN1C(=O)N(Cc2cc(C(F)(F)F)cc(C(F)(F)F)c2)CC1(CC[N+]12CCC(c3ccccc3)(CC1)CC2)c1ccc(Cl)c(Cl)c1. The van der Waals surface area contributed by atoms with Crippen molar-refractivity contribution < 1.29 is 35.6 Å². The zero-order valence-electron chi connectivity index (χ0n) is 25.2. The van der Waals surface area contributed by atoms with Crippen LogP contribution in [0.3, 0.4) is 0 Å². The first-order valence-electron chi connectivity index (χ1n) is 15.2. The Morgan fingerprint density at radius 1 is 0.783 bits per heavy atom. The zero-order valence-corrected chi connectivity index (χ0v) is 26.7. The van der Waals surface area contributed by atoms with Gasteiger partial charge in [0.2, 0.25) is 0 Å². The highest BCUT2D eigenvalue weighted by Gasteiger charge is 2.54. The second-order valence-electron chi connectivity index (χ2n) is 13.2. The van der Waals surface area contributed by atoms with Gasteiger partial charge in [0.1, 0.15) is 0 Å². The second-order valence-corrected chi connectivity index (χ2v) is 14.0. The number of hydrogen-bond acceptors (Lipinski definition) is 1. The van der Waals surface area contributed by atoms with E-state index in [1.165, 1.54) is 10.5 Å². The molecule has 0 N–H and O–H groups in total. The molecule has 3 aromatic carbocycles. The van der Waals surface area contributed by atoms with Crippen molar-refractivity contribution in [2.75, 3.05) is 39.8 Å². The molecule has 4 fully saturated rings. The predicted octanol–water partition coefficient (Wildman–Crippen LogP) is 9.14. The fourth-order valence-corrected chi connectivity index (χ4v) is 8.15. The normalized spacial score (nSPS) is 26.7. The lowest BCUT2D eigenvalue weighted by molar-refractivity contribution is -0.944.